The number of carbonyl (C=O) groups is 1. The molecule has 0 aliphatic heterocycles. The predicted octanol–water partition coefficient (Wildman–Crippen LogP) is 2.38. The van der Waals surface area contributed by atoms with Gasteiger partial charge in [-0.2, -0.15) is 0 Å². The molecule has 2 N–H and O–H groups in total. The maximum Gasteiger partial charge on any atom is 0.254 e. The lowest BCUT2D eigenvalue weighted by Gasteiger charge is -2.24. The zero-order valence-electron chi connectivity index (χ0n) is 11.1. The van der Waals surface area contributed by atoms with Crippen LogP contribution in [0.2, 0.25) is 0 Å². The zero-order valence-corrected chi connectivity index (χ0v) is 12.0. The first-order valence-electron chi connectivity index (χ1n) is 6.11. The average Bonchev–Trinajstić information content (AvgIpc) is 2.35. The van der Waals surface area contributed by atoms with Gasteiger partial charge in [0.1, 0.15) is 0 Å². The summed E-state index contributed by atoms with van der Waals surface area (Å²) < 4.78 is 0. The Morgan fingerprint density at radius 3 is 2.56 bits per heavy atom. The fourth-order valence-electron chi connectivity index (χ4n) is 1.76. The Hall–Kier alpha value is -1.42. The summed E-state index contributed by atoms with van der Waals surface area (Å²) in [6, 6.07) is 7.61. The van der Waals surface area contributed by atoms with Crippen molar-refractivity contribution in [3.8, 4) is 0 Å². The second kappa shape index (κ2) is 6.50. The Kier molecular flexibility index (Phi) is 5.28. The van der Waals surface area contributed by atoms with Crippen LogP contribution in [0.25, 0.3) is 0 Å². The second-order valence-corrected chi connectivity index (χ2v) is 4.93. The minimum Gasteiger partial charge on any atom is -0.393 e. The van der Waals surface area contributed by atoms with Crippen molar-refractivity contribution >= 4 is 23.1 Å². The van der Waals surface area contributed by atoms with E-state index in [1.165, 1.54) is 0 Å². The summed E-state index contributed by atoms with van der Waals surface area (Å²) >= 11 is 4.95. The van der Waals surface area contributed by atoms with Crippen LogP contribution in [0.5, 0.6) is 0 Å². The van der Waals surface area contributed by atoms with Gasteiger partial charge in [0.2, 0.25) is 0 Å². The van der Waals surface area contributed by atoms with Crippen LogP contribution in [0, 0.1) is 12.8 Å². The van der Waals surface area contributed by atoms with Crippen LogP contribution in [0.15, 0.2) is 24.3 Å². The Labute approximate surface area is 114 Å². The number of rotatable bonds is 5. The Balaban J connectivity index is 2.86. The minimum atomic E-state index is 0.0351. The van der Waals surface area contributed by atoms with Crippen molar-refractivity contribution in [3.05, 3.63) is 35.4 Å². The van der Waals surface area contributed by atoms with Gasteiger partial charge in [0, 0.05) is 24.6 Å². The number of nitrogens with two attached hydrogens (primary N) is 1. The molecule has 1 amide bonds. The molecule has 4 heteroatoms. The fourth-order valence-corrected chi connectivity index (χ4v) is 1.83. The van der Waals surface area contributed by atoms with Crippen molar-refractivity contribution in [1.82, 2.24) is 4.90 Å². The molecule has 18 heavy (non-hydrogen) atoms. The number of hydrogen-bond acceptors (Lipinski definition) is 2. The van der Waals surface area contributed by atoms with Crippen LogP contribution >= 0.6 is 12.2 Å². The molecule has 1 aromatic carbocycles. The highest BCUT2D eigenvalue weighted by Gasteiger charge is 2.18. The van der Waals surface area contributed by atoms with E-state index in [0.717, 1.165) is 11.1 Å². The summed E-state index contributed by atoms with van der Waals surface area (Å²) in [6.45, 7) is 7.07. The second-order valence-electron chi connectivity index (χ2n) is 4.46. The maximum atomic E-state index is 12.4. The molecule has 1 aromatic rings. The van der Waals surface area contributed by atoms with Crippen LogP contribution < -0.4 is 5.73 Å². The van der Waals surface area contributed by atoms with Crippen LogP contribution in [-0.4, -0.2) is 28.9 Å². The quantitative estimate of drug-likeness (QED) is 0.831. The van der Waals surface area contributed by atoms with E-state index in [9.17, 15) is 4.79 Å². The Bertz CT molecular complexity index is 445. The normalized spacial score (nSPS) is 11.9. The first-order valence-corrected chi connectivity index (χ1v) is 6.52. The summed E-state index contributed by atoms with van der Waals surface area (Å²) in [6.07, 6.45) is 0. The molecule has 0 saturated carbocycles. The van der Waals surface area contributed by atoms with Crippen LogP contribution in [0.1, 0.15) is 29.8 Å². The number of nitrogens with zero attached hydrogens (tertiary/aromatic N) is 1. The van der Waals surface area contributed by atoms with Gasteiger partial charge in [-0.25, -0.2) is 0 Å². The molecular formula is C14H20N2OS. The third-order valence-electron chi connectivity index (χ3n) is 3.02. The molecule has 0 aliphatic rings. The third kappa shape index (κ3) is 3.53. The summed E-state index contributed by atoms with van der Waals surface area (Å²) in [5, 5.41) is 0. The summed E-state index contributed by atoms with van der Waals surface area (Å²) in [5.41, 5.74) is 7.34. The molecule has 0 bridgehead atoms. The van der Waals surface area contributed by atoms with Gasteiger partial charge in [-0.05, 0) is 25.5 Å². The van der Waals surface area contributed by atoms with Gasteiger partial charge >= 0.3 is 0 Å². The molecule has 3 nitrogen and oxygen atoms in total. The molecule has 0 fully saturated rings. The number of amides is 1. The number of aryl methyl sites for hydroxylation is 1. The summed E-state index contributed by atoms with van der Waals surface area (Å²) in [5.74, 6) is 0.0756. The number of hydrogen-bond donors (Lipinski definition) is 1. The van der Waals surface area contributed by atoms with E-state index < -0.39 is 0 Å². The van der Waals surface area contributed by atoms with E-state index in [1.807, 2.05) is 45.0 Å². The van der Waals surface area contributed by atoms with Crippen molar-refractivity contribution in [3.63, 3.8) is 0 Å². The number of thiocarbonyl (C=S) groups is 1. The third-order valence-corrected chi connectivity index (χ3v) is 3.43. The van der Waals surface area contributed by atoms with E-state index in [2.05, 4.69) is 0 Å². The minimum absolute atomic E-state index is 0.0351. The first kappa shape index (κ1) is 14.6. The highest BCUT2D eigenvalue weighted by atomic mass is 32.1. The van der Waals surface area contributed by atoms with E-state index in [4.69, 9.17) is 18.0 Å². The van der Waals surface area contributed by atoms with Gasteiger partial charge < -0.3 is 10.6 Å². The standard InChI is InChI=1S/C14H20N2OS/c1-4-16(9-11(3)13(15)18)14(17)12-8-6-5-7-10(12)2/h5-8,11H,4,9H2,1-3H3,(H2,15,18). The molecule has 1 atom stereocenters. The summed E-state index contributed by atoms with van der Waals surface area (Å²) in [4.78, 5) is 14.6. The van der Waals surface area contributed by atoms with Crippen LogP contribution in [0.4, 0.5) is 0 Å². The molecule has 98 valence electrons. The van der Waals surface area contributed by atoms with E-state index in [-0.39, 0.29) is 11.8 Å². The van der Waals surface area contributed by atoms with Crippen molar-refractivity contribution in [2.45, 2.75) is 20.8 Å². The topological polar surface area (TPSA) is 46.3 Å². The Morgan fingerprint density at radius 2 is 2.06 bits per heavy atom. The van der Waals surface area contributed by atoms with Gasteiger partial charge in [0.25, 0.3) is 5.91 Å². The van der Waals surface area contributed by atoms with E-state index >= 15 is 0 Å². The largest absolute Gasteiger partial charge is 0.393 e. The molecule has 0 saturated heterocycles. The van der Waals surface area contributed by atoms with Crippen LogP contribution in [-0.2, 0) is 0 Å². The molecule has 0 radical (unpaired) electrons. The van der Waals surface area contributed by atoms with Gasteiger partial charge in [0.05, 0.1) is 4.99 Å². The van der Waals surface area contributed by atoms with Crippen molar-refractivity contribution < 1.29 is 4.79 Å². The lowest BCUT2D eigenvalue weighted by molar-refractivity contribution is 0.0754. The van der Waals surface area contributed by atoms with Gasteiger partial charge in [0.15, 0.2) is 0 Å². The zero-order chi connectivity index (χ0) is 13.7. The highest BCUT2D eigenvalue weighted by Crippen LogP contribution is 2.12. The SMILES string of the molecule is CCN(CC(C)C(N)=S)C(=O)c1ccccc1C. The van der Waals surface area contributed by atoms with E-state index in [0.29, 0.717) is 18.1 Å². The van der Waals surface area contributed by atoms with Gasteiger partial charge in [-0.1, -0.05) is 37.3 Å². The van der Waals surface area contributed by atoms with Crippen molar-refractivity contribution in [2.75, 3.05) is 13.1 Å². The van der Waals surface area contributed by atoms with Crippen LogP contribution in [0.3, 0.4) is 0 Å². The molecular weight excluding hydrogens is 244 g/mol. The number of benzene rings is 1. The maximum absolute atomic E-state index is 12.4. The fraction of sp³-hybridized carbons (Fsp3) is 0.429. The highest BCUT2D eigenvalue weighted by molar-refractivity contribution is 7.80. The number of carbonyl (C=O) groups excluding carboxylic acids is 1. The van der Waals surface area contributed by atoms with Crippen molar-refractivity contribution in [1.29, 1.82) is 0 Å². The summed E-state index contributed by atoms with van der Waals surface area (Å²) in [7, 11) is 0. The molecule has 0 aliphatic carbocycles. The lowest BCUT2D eigenvalue weighted by Crippen LogP contribution is -2.38. The molecule has 1 rings (SSSR count). The predicted molar refractivity (Wildman–Crippen MR) is 78.7 cm³/mol. The van der Waals surface area contributed by atoms with Crippen molar-refractivity contribution in [2.24, 2.45) is 11.7 Å². The molecule has 0 spiro atoms. The van der Waals surface area contributed by atoms with Gasteiger partial charge in [-0.15, -0.1) is 0 Å². The molecule has 1 unspecified atom stereocenters. The molecule has 0 heterocycles. The van der Waals surface area contributed by atoms with Gasteiger partial charge in [-0.3, -0.25) is 4.79 Å². The first-order chi connectivity index (χ1) is 8.47. The van der Waals surface area contributed by atoms with E-state index in [1.54, 1.807) is 4.90 Å². The smallest absolute Gasteiger partial charge is 0.254 e. The monoisotopic (exact) mass is 264 g/mol. The lowest BCUT2D eigenvalue weighted by atomic mass is 10.1. The Morgan fingerprint density at radius 1 is 1.44 bits per heavy atom. The molecule has 0 aromatic heterocycles. The average molecular weight is 264 g/mol.